The molecule has 0 radical (unpaired) electrons. The summed E-state index contributed by atoms with van der Waals surface area (Å²) in [7, 11) is 1.56. The van der Waals surface area contributed by atoms with E-state index in [4.69, 9.17) is 15.2 Å². The zero-order valence-electron chi connectivity index (χ0n) is 21.4. The van der Waals surface area contributed by atoms with E-state index in [0.29, 0.717) is 37.9 Å². The number of carbonyl (C=O) groups excluding carboxylic acids is 2. The second-order valence-electron chi connectivity index (χ2n) is 10.2. The fourth-order valence-electron chi connectivity index (χ4n) is 5.59. The van der Waals surface area contributed by atoms with Crippen LogP contribution in [0.3, 0.4) is 0 Å². The van der Waals surface area contributed by atoms with Crippen molar-refractivity contribution in [1.82, 2.24) is 10.2 Å². The summed E-state index contributed by atoms with van der Waals surface area (Å²) in [6.45, 7) is 4.31. The minimum absolute atomic E-state index is 0.116. The van der Waals surface area contributed by atoms with Crippen LogP contribution >= 0.6 is 0 Å². The summed E-state index contributed by atoms with van der Waals surface area (Å²) in [4.78, 5) is 32.7. The lowest BCUT2D eigenvalue weighted by Gasteiger charge is -2.40. The molecular weight excluding hydrogens is 489 g/mol. The number of nitrogens with two attached hydrogens (primary N) is 1. The highest BCUT2D eigenvalue weighted by Gasteiger charge is 2.53. The number of nitrogens with zero attached hydrogens (tertiary/aromatic N) is 2. The molecule has 2 heterocycles. The van der Waals surface area contributed by atoms with Gasteiger partial charge in [-0.15, -0.1) is 0 Å². The van der Waals surface area contributed by atoms with Crippen LogP contribution in [-0.4, -0.2) is 60.3 Å². The van der Waals surface area contributed by atoms with E-state index in [1.54, 1.807) is 25.3 Å². The van der Waals surface area contributed by atoms with Crippen molar-refractivity contribution >= 4 is 17.8 Å². The molecule has 0 saturated heterocycles. The lowest BCUT2D eigenvalue weighted by Crippen LogP contribution is -2.56. The standard InChI is InChI=1S/C26H35F3N4O4/c1-4-25(5-2)14-22(34)33(24(30)32-25)19(10-11-36-3)16-12-17(16)23(35)31-18-13-21(26(27,28)29)37-20-9-7-6-8-15(18)20/h6-9,16-19,21H,4-5,10-14H2,1-3H3,(H2,30,32)(H,31,35)/t16?,17-,18+,19-,21?/m1/s1. The number of carbonyl (C=O) groups is 2. The number of ether oxygens (including phenoxy) is 2. The first-order chi connectivity index (χ1) is 17.5. The Balaban J connectivity index is 1.51. The van der Waals surface area contributed by atoms with Crippen molar-refractivity contribution in [2.24, 2.45) is 22.6 Å². The Hall–Kier alpha value is -2.82. The molecular formula is C26H35F3N4O4. The molecule has 1 aromatic carbocycles. The van der Waals surface area contributed by atoms with Crippen molar-refractivity contribution in [3.63, 3.8) is 0 Å². The van der Waals surface area contributed by atoms with Crippen molar-refractivity contribution in [1.29, 1.82) is 0 Å². The zero-order valence-corrected chi connectivity index (χ0v) is 21.4. The third-order valence-corrected chi connectivity index (χ3v) is 7.98. The van der Waals surface area contributed by atoms with E-state index >= 15 is 0 Å². The lowest BCUT2D eigenvalue weighted by molar-refractivity contribution is -0.201. The van der Waals surface area contributed by atoms with Crippen molar-refractivity contribution in [3.05, 3.63) is 29.8 Å². The van der Waals surface area contributed by atoms with Gasteiger partial charge in [-0.3, -0.25) is 14.5 Å². The van der Waals surface area contributed by atoms with E-state index in [9.17, 15) is 22.8 Å². The Morgan fingerprint density at radius 2 is 2.00 bits per heavy atom. The molecule has 2 aliphatic heterocycles. The average Bonchev–Trinajstić information content (AvgIpc) is 3.65. The van der Waals surface area contributed by atoms with Gasteiger partial charge in [0.2, 0.25) is 11.8 Å². The highest BCUT2D eigenvalue weighted by atomic mass is 19.4. The molecule has 4 rings (SSSR count). The molecule has 5 atom stereocenters. The van der Waals surface area contributed by atoms with Gasteiger partial charge in [-0.1, -0.05) is 32.0 Å². The Morgan fingerprint density at radius 3 is 2.62 bits per heavy atom. The Morgan fingerprint density at radius 1 is 1.30 bits per heavy atom. The third kappa shape index (κ3) is 5.56. The number of benzene rings is 1. The smallest absolute Gasteiger partial charge is 0.425 e. The van der Waals surface area contributed by atoms with Gasteiger partial charge in [-0.05, 0) is 37.7 Å². The molecule has 3 aliphatic rings. The summed E-state index contributed by atoms with van der Waals surface area (Å²) in [5, 5.41) is 2.82. The summed E-state index contributed by atoms with van der Waals surface area (Å²) in [5.41, 5.74) is 6.31. The molecule has 37 heavy (non-hydrogen) atoms. The van der Waals surface area contributed by atoms with Gasteiger partial charge >= 0.3 is 6.18 Å². The maximum absolute atomic E-state index is 13.5. The number of methoxy groups -OCH3 is 1. The highest BCUT2D eigenvalue weighted by molar-refractivity contribution is 5.99. The topological polar surface area (TPSA) is 106 Å². The Bertz CT molecular complexity index is 1040. The maximum atomic E-state index is 13.5. The quantitative estimate of drug-likeness (QED) is 0.512. The minimum Gasteiger partial charge on any atom is -0.480 e. The van der Waals surface area contributed by atoms with Crippen LogP contribution in [0.1, 0.15) is 64.0 Å². The first-order valence-corrected chi connectivity index (χ1v) is 12.8. The number of para-hydroxylation sites is 1. The minimum atomic E-state index is -4.55. The molecule has 1 aromatic rings. The largest absolute Gasteiger partial charge is 0.480 e. The van der Waals surface area contributed by atoms with Crippen molar-refractivity contribution in [2.45, 2.75) is 82.3 Å². The lowest BCUT2D eigenvalue weighted by atomic mass is 9.87. The number of nitrogens with one attached hydrogen (secondary N) is 1. The van der Waals surface area contributed by atoms with E-state index < -0.39 is 36.2 Å². The number of rotatable bonds is 9. The molecule has 1 saturated carbocycles. The first-order valence-electron chi connectivity index (χ1n) is 12.8. The molecule has 204 valence electrons. The van der Waals surface area contributed by atoms with E-state index in [1.807, 2.05) is 13.8 Å². The average molecular weight is 525 g/mol. The predicted octanol–water partition coefficient (Wildman–Crippen LogP) is 3.70. The van der Waals surface area contributed by atoms with Crippen LogP contribution in [0.4, 0.5) is 13.2 Å². The second kappa shape index (κ2) is 10.5. The second-order valence-corrected chi connectivity index (χ2v) is 10.2. The monoisotopic (exact) mass is 524 g/mol. The van der Waals surface area contributed by atoms with Gasteiger partial charge in [0, 0.05) is 37.7 Å². The van der Waals surface area contributed by atoms with Gasteiger partial charge in [0.1, 0.15) is 5.75 Å². The van der Waals surface area contributed by atoms with E-state index in [0.717, 1.165) is 0 Å². The zero-order chi connectivity index (χ0) is 27.0. The summed E-state index contributed by atoms with van der Waals surface area (Å²) in [5.74, 6) is -0.854. The normalized spacial score (nSPS) is 27.6. The van der Waals surface area contributed by atoms with Crippen molar-refractivity contribution in [2.75, 3.05) is 13.7 Å². The van der Waals surface area contributed by atoms with E-state index in [2.05, 4.69) is 10.3 Å². The van der Waals surface area contributed by atoms with Gasteiger partial charge < -0.3 is 20.5 Å². The number of alkyl halides is 3. The number of guanidine groups is 1. The molecule has 1 aliphatic carbocycles. The van der Waals surface area contributed by atoms with Crippen LogP contribution in [0.5, 0.6) is 5.75 Å². The van der Waals surface area contributed by atoms with Crippen LogP contribution < -0.4 is 15.8 Å². The molecule has 2 unspecified atom stereocenters. The molecule has 0 bridgehead atoms. The number of fused-ring (bicyclic) bond motifs is 1. The van der Waals surface area contributed by atoms with Crippen molar-refractivity contribution < 1.29 is 32.2 Å². The summed E-state index contributed by atoms with van der Waals surface area (Å²) >= 11 is 0. The van der Waals surface area contributed by atoms with Crippen LogP contribution in [0, 0.1) is 11.8 Å². The van der Waals surface area contributed by atoms with Gasteiger partial charge in [0.25, 0.3) is 0 Å². The summed E-state index contributed by atoms with van der Waals surface area (Å²) < 4.78 is 50.9. The number of hydrogen-bond donors (Lipinski definition) is 2. The fourth-order valence-corrected chi connectivity index (χ4v) is 5.59. The van der Waals surface area contributed by atoms with Gasteiger partial charge in [0.15, 0.2) is 12.1 Å². The number of amides is 2. The third-order valence-electron chi connectivity index (χ3n) is 7.98. The predicted molar refractivity (Wildman–Crippen MR) is 131 cm³/mol. The van der Waals surface area contributed by atoms with E-state index in [1.165, 1.54) is 11.0 Å². The SMILES string of the molecule is CCC1(CC)CC(=O)N([C@H](CCOC)C2C[C@H]2C(=O)N[C@H]2CC(C(F)(F)F)Oc3ccccc32)C(N)=N1. The molecule has 11 heteroatoms. The molecule has 0 aromatic heterocycles. The van der Waals surface area contributed by atoms with Crippen LogP contribution in [0.2, 0.25) is 0 Å². The van der Waals surface area contributed by atoms with Gasteiger partial charge in [-0.25, -0.2) is 4.99 Å². The fraction of sp³-hybridized carbons (Fsp3) is 0.654. The molecule has 1 fully saturated rings. The number of aliphatic imine (C=N–C) groups is 1. The molecule has 0 spiro atoms. The molecule has 8 nitrogen and oxygen atoms in total. The van der Waals surface area contributed by atoms with Crippen LogP contribution in [0.25, 0.3) is 0 Å². The van der Waals surface area contributed by atoms with Gasteiger partial charge in [0.05, 0.1) is 18.0 Å². The first kappa shape index (κ1) is 27.2. The summed E-state index contributed by atoms with van der Waals surface area (Å²) in [6, 6.07) is 5.22. The Labute approximate surface area is 214 Å². The number of halogens is 3. The summed E-state index contributed by atoms with van der Waals surface area (Å²) in [6.07, 6.45) is -4.38. The Kier molecular flexibility index (Phi) is 7.73. The van der Waals surface area contributed by atoms with Crippen molar-refractivity contribution in [3.8, 4) is 5.75 Å². The molecule has 2 amide bonds. The van der Waals surface area contributed by atoms with Crippen LogP contribution in [-0.2, 0) is 14.3 Å². The maximum Gasteiger partial charge on any atom is 0.425 e. The number of hydrogen-bond acceptors (Lipinski definition) is 6. The molecule has 3 N–H and O–H groups in total. The van der Waals surface area contributed by atoms with Crippen LogP contribution in [0.15, 0.2) is 29.3 Å². The highest BCUT2D eigenvalue weighted by Crippen LogP contribution is 2.47. The van der Waals surface area contributed by atoms with E-state index in [-0.39, 0.29) is 41.9 Å². The van der Waals surface area contributed by atoms with Gasteiger partial charge in [-0.2, -0.15) is 13.2 Å².